The molecule has 1 N–H and O–H groups in total. The van der Waals surface area contributed by atoms with Crippen molar-refractivity contribution in [3.05, 3.63) is 24.2 Å². The zero-order valence-corrected chi connectivity index (χ0v) is 11.0. The number of rotatable bonds is 5. The lowest BCUT2D eigenvalue weighted by Gasteiger charge is -2.29. The Morgan fingerprint density at radius 1 is 1.47 bits per heavy atom. The van der Waals surface area contributed by atoms with Gasteiger partial charge in [-0.15, -0.1) is 0 Å². The summed E-state index contributed by atoms with van der Waals surface area (Å²) in [5.74, 6) is 1.93. The third-order valence-corrected chi connectivity index (χ3v) is 3.68. The van der Waals surface area contributed by atoms with Gasteiger partial charge in [0.1, 0.15) is 5.76 Å². The van der Waals surface area contributed by atoms with Crippen molar-refractivity contribution in [2.75, 3.05) is 26.7 Å². The van der Waals surface area contributed by atoms with E-state index in [-0.39, 0.29) is 0 Å². The van der Waals surface area contributed by atoms with E-state index in [9.17, 15) is 0 Å². The Labute approximate surface area is 104 Å². The van der Waals surface area contributed by atoms with E-state index in [0.717, 1.165) is 24.6 Å². The highest BCUT2D eigenvalue weighted by molar-refractivity contribution is 4.99. The number of hydrogen-bond acceptors (Lipinski definition) is 3. The van der Waals surface area contributed by atoms with E-state index in [2.05, 4.69) is 24.2 Å². The Kier molecular flexibility index (Phi) is 4.63. The van der Waals surface area contributed by atoms with Crippen LogP contribution in [0.5, 0.6) is 0 Å². The molecule has 1 unspecified atom stereocenters. The van der Waals surface area contributed by atoms with E-state index in [1.807, 2.05) is 12.1 Å². The molecule has 0 saturated carbocycles. The number of furan rings is 1. The molecule has 96 valence electrons. The molecule has 1 atom stereocenters. The molecule has 0 bridgehead atoms. The average molecular weight is 236 g/mol. The molecule has 17 heavy (non-hydrogen) atoms. The van der Waals surface area contributed by atoms with E-state index < -0.39 is 0 Å². The second-order valence-corrected chi connectivity index (χ2v) is 5.34. The molecule has 0 amide bonds. The fourth-order valence-corrected chi connectivity index (χ4v) is 2.44. The Hall–Kier alpha value is -0.800. The molecule has 1 aliphatic heterocycles. The van der Waals surface area contributed by atoms with Crippen molar-refractivity contribution in [3.8, 4) is 0 Å². The summed E-state index contributed by atoms with van der Waals surface area (Å²) < 4.78 is 5.36. The predicted molar refractivity (Wildman–Crippen MR) is 70.1 cm³/mol. The fraction of sp³-hybridized carbons (Fsp3) is 0.714. The number of likely N-dealkylation sites (tertiary alicyclic amines) is 1. The molecule has 1 aromatic rings. The number of hydrogen-bond donors (Lipinski definition) is 1. The van der Waals surface area contributed by atoms with Gasteiger partial charge < -0.3 is 14.6 Å². The lowest BCUT2D eigenvalue weighted by Crippen LogP contribution is -2.38. The molecule has 3 nitrogen and oxygen atoms in total. The maximum Gasteiger partial charge on any atom is 0.105 e. The molecule has 3 heteroatoms. The zero-order chi connectivity index (χ0) is 12.1. The Bertz CT molecular complexity index is 302. The molecule has 1 fully saturated rings. The molecule has 0 aromatic carbocycles. The van der Waals surface area contributed by atoms with Gasteiger partial charge >= 0.3 is 0 Å². The van der Waals surface area contributed by atoms with Crippen LogP contribution < -0.4 is 5.32 Å². The maximum atomic E-state index is 5.36. The summed E-state index contributed by atoms with van der Waals surface area (Å²) in [6.07, 6.45) is 5.40. The van der Waals surface area contributed by atoms with Crippen LogP contribution in [0, 0.1) is 5.92 Å². The summed E-state index contributed by atoms with van der Waals surface area (Å²) in [5.41, 5.74) is 0. The van der Waals surface area contributed by atoms with Crippen LogP contribution in [0.4, 0.5) is 0 Å². The summed E-state index contributed by atoms with van der Waals surface area (Å²) in [7, 11) is 2.21. The Morgan fingerprint density at radius 3 is 2.88 bits per heavy atom. The second-order valence-electron chi connectivity index (χ2n) is 5.34. The highest BCUT2D eigenvalue weighted by atomic mass is 16.3. The molecule has 2 heterocycles. The lowest BCUT2D eigenvalue weighted by atomic mass is 9.97. The minimum Gasteiger partial charge on any atom is -0.469 e. The predicted octanol–water partition coefficient (Wildman–Crippen LogP) is 2.14. The molecule has 1 aromatic heterocycles. The standard InChI is InChI=1S/C14H24N2O/c1-12(10-14-4-3-9-17-14)15-11-13-5-7-16(2)8-6-13/h3-4,9,12-13,15H,5-8,10-11H2,1-2H3. The summed E-state index contributed by atoms with van der Waals surface area (Å²) in [5, 5.41) is 3.63. The highest BCUT2D eigenvalue weighted by Gasteiger charge is 2.17. The number of nitrogens with one attached hydrogen (secondary N) is 1. The molecule has 0 spiro atoms. The van der Waals surface area contributed by atoms with Crippen LogP contribution in [0.1, 0.15) is 25.5 Å². The second kappa shape index (κ2) is 6.22. The minimum absolute atomic E-state index is 0.501. The van der Waals surface area contributed by atoms with Crippen LogP contribution in [-0.4, -0.2) is 37.6 Å². The van der Waals surface area contributed by atoms with E-state index in [1.165, 1.54) is 25.9 Å². The van der Waals surface area contributed by atoms with Gasteiger partial charge in [0.2, 0.25) is 0 Å². The van der Waals surface area contributed by atoms with Crippen molar-refractivity contribution >= 4 is 0 Å². The van der Waals surface area contributed by atoms with Gasteiger partial charge in [-0.3, -0.25) is 0 Å². The van der Waals surface area contributed by atoms with Gasteiger partial charge in [0, 0.05) is 12.5 Å². The van der Waals surface area contributed by atoms with Gasteiger partial charge in [0.25, 0.3) is 0 Å². The van der Waals surface area contributed by atoms with E-state index in [0.29, 0.717) is 6.04 Å². The molecular formula is C14H24N2O. The summed E-state index contributed by atoms with van der Waals surface area (Å²) in [6.45, 7) is 5.88. The van der Waals surface area contributed by atoms with Gasteiger partial charge in [-0.1, -0.05) is 0 Å². The van der Waals surface area contributed by atoms with Crippen LogP contribution in [0.25, 0.3) is 0 Å². The summed E-state index contributed by atoms with van der Waals surface area (Å²) in [4.78, 5) is 2.42. The average Bonchev–Trinajstić information content (AvgIpc) is 2.81. The van der Waals surface area contributed by atoms with Gasteiger partial charge in [-0.25, -0.2) is 0 Å². The fourth-order valence-electron chi connectivity index (χ4n) is 2.44. The van der Waals surface area contributed by atoms with Gasteiger partial charge in [0.05, 0.1) is 6.26 Å². The zero-order valence-electron chi connectivity index (χ0n) is 11.0. The van der Waals surface area contributed by atoms with Crippen LogP contribution in [0.15, 0.2) is 22.8 Å². The van der Waals surface area contributed by atoms with Crippen molar-refractivity contribution in [3.63, 3.8) is 0 Å². The van der Waals surface area contributed by atoms with Crippen molar-refractivity contribution in [1.82, 2.24) is 10.2 Å². The molecular weight excluding hydrogens is 212 g/mol. The maximum absolute atomic E-state index is 5.36. The first-order valence-electron chi connectivity index (χ1n) is 6.68. The molecule has 0 aliphatic carbocycles. The first kappa shape index (κ1) is 12.7. The van der Waals surface area contributed by atoms with E-state index in [1.54, 1.807) is 6.26 Å². The minimum atomic E-state index is 0.501. The molecule has 2 rings (SSSR count). The molecule has 0 radical (unpaired) electrons. The lowest BCUT2D eigenvalue weighted by molar-refractivity contribution is 0.213. The van der Waals surface area contributed by atoms with Crippen molar-refractivity contribution in [2.24, 2.45) is 5.92 Å². The van der Waals surface area contributed by atoms with Crippen molar-refractivity contribution in [1.29, 1.82) is 0 Å². The largest absolute Gasteiger partial charge is 0.469 e. The van der Waals surface area contributed by atoms with E-state index in [4.69, 9.17) is 4.42 Å². The van der Waals surface area contributed by atoms with Gasteiger partial charge in [-0.05, 0) is 64.5 Å². The van der Waals surface area contributed by atoms with Crippen LogP contribution in [-0.2, 0) is 6.42 Å². The third-order valence-electron chi connectivity index (χ3n) is 3.68. The Balaban J connectivity index is 1.64. The van der Waals surface area contributed by atoms with Gasteiger partial charge in [-0.2, -0.15) is 0 Å². The summed E-state index contributed by atoms with van der Waals surface area (Å²) in [6, 6.07) is 4.51. The first-order valence-corrected chi connectivity index (χ1v) is 6.68. The quantitative estimate of drug-likeness (QED) is 0.849. The van der Waals surface area contributed by atoms with Crippen LogP contribution >= 0.6 is 0 Å². The van der Waals surface area contributed by atoms with Crippen LogP contribution in [0.2, 0.25) is 0 Å². The first-order chi connectivity index (χ1) is 8.24. The topological polar surface area (TPSA) is 28.4 Å². The number of piperidine rings is 1. The molecule has 1 saturated heterocycles. The normalized spacial score (nSPS) is 20.6. The van der Waals surface area contributed by atoms with Crippen LogP contribution in [0.3, 0.4) is 0 Å². The number of nitrogens with zero attached hydrogens (tertiary/aromatic N) is 1. The highest BCUT2D eigenvalue weighted by Crippen LogP contribution is 2.15. The van der Waals surface area contributed by atoms with Crippen molar-refractivity contribution in [2.45, 2.75) is 32.2 Å². The van der Waals surface area contributed by atoms with E-state index >= 15 is 0 Å². The SMILES string of the molecule is CC(Cc1ccco1)NCC1CCN(C)CC1. The van der Waals surface area contributed by atoms with Crippen molar-refractivity contribution < 1.29 is 4.42 Å². The molecule has 1 aliphatic rings. The monoisotopic (exact) mass is 236 g/mol. The third kappa shape index (κ3) is 4.17. The van der Waals surface area contributed by atoms with Gasteiger partial charge in [0.15, 0.2) is 0 Å². The smallest absolute Gasteiger partial charge is 0.105 e. The summed E-state index contributed by atoms with van der Waals surface area (Å²) >= 11 is 0. The Morgan fingerprint density at radius 2 is 2.24 bits per heavy atom.